The van der Waals surface area contributed by atoms with Crippen LogP contribution in [0.5, 0.6) is 0 Å². The Kier molecular flexibility index (Phi) is 3.05. The summed E-state index contributed by atoms with van der Waals surface area (Å²) in [5.74, 6) is 0. The van der Waals surface area contributed by atoms with Gasteiger partial charge in [0.2, 0.25) is 0 Å². The first-order valence-corrected chi connectivity index (χ1v) is 6.16. The molecule has 0 unspecified atom stereocenters. The van der Waals surface area contributed by atoms with Gasteiger partial charge < -0.3 is 0 Å². The van der Waals surface area contributed by atoms with E-state index in [0.29, 0.717) is 16.2 Å². The number of rotatable bonds is 2. The van der Waals surface area contributed by atoms with Crippen molar-refractivity contribution in [3.05, 3.63) is 0 Å². The van der Waals surface area contributed by atoms with Crippen LogP contribution < -0.4 is 0 Å². The molecule has 0 aromatic rings. The molecular formula is C14H28. The summed E-state index contributed by atoms with van der Waals surface area (Å²) in [6.07, 6.45) is 7.08. The Balaban J connectivity index is 2.58. The monoisotopic (exact) mass is 196 g/mol. The van der Waals surface area contributed by atoms with Crippen LogP contribution in [-0.2, 0) is 0 Å². The van der Waals surface area contributed by atoms with E-state index in [2.05, 4.69) is 41.5 Å². The summed E-state index contributed by atoms with van der Waals surface area (Å²) < 4.78 is 0. The maximum absolute atomic E-state index is 2.51. The molecule has 0 aromatic heterocycles. The van der Waals surface area contributed by atoms with Gasteiger partial charge in [0.15, 0.2) is 0 Å². The topological polar surface area (TPSA) is 0 Å². The van der Waals surface area contributed by atoms with Gasteiger partial charge in [0.1, 0.15) is 0 Å². The van der Waals surface area contributed by atoms with Crippen LogP contribution in [-0.4, -0.2) is 0 Å². The van der Waals surface area contributed by atoms with Crippen LogP contribution in [0, 0.1) is 16.2 Å². The predicted octanol–water partition coefficient (Wildman–Crippen LogP) is 5.03. The van der Waals surface area contributed by atoms with Gasteiger partial charge in [0.25, 0.3) is 0 Å². The lowest BCUT2D eigenvalue weighted by molar-refractivity contribution is 0.101. The third-order valence-corrected chi connectivity index (χ3v) is 4.59. The third-order valence-electron chi connectivity index (χ3n) is 4.59. The highest BCUT2D eigenvalue weighted by atomic mass is 14.5. The van der Waals surface area contributed by atoms with Gasteiger partial charge in [-0.3, -0.25) is 0 Å². The fourth-order valence-corrected chi connectivity index (χ4v) is 2.67. The lowest BCUT2D eigenvalue weighted by Gasteiger charge is -2.40. The van der Waals surface area contributed by atoms with E-state index in [0.717, 1.165) is 0 Å². The van der Waals surface area contributed by atoms with E-state index in [1.54, 1.807) is 0 Å². The molecule has 0 heterocycles. The largest absolute Gasteiger partial charge is 0.0602 e. The molecule has 14 heavy (non-hydrogen) atoms. The minimum Gasteiger partial charge on any atom is -0.0602 e. The molecule has 1 aliphatic carbocycles. The first-order valence-electron chi connectivity index (χ1n) is 6.16. The zero-order valence-electron chi connectivity index (χ0n) is 11.0. The molecule has 0 nitrogen and oxygen atoms in total. The van der Waals surface area contributed by atoms with E-state index >= 15 is 0 Å². The average molecular weight is 196 g/mol. The highest BCUT2D eigenvalue weighted by Crippen LogP contribution is 2.55. The number of hydrogen-bond donors (Lipinski definition) is 0. The molecule has 1 fully saturated rings. The highest BCUT2D eigenvalue weighted by Gasteiger charge is 2.44. The van der Waals surface area contributed by atoms with Crippen molar-refractivity contribution in [2.45, 2.75) is 73.6 Å². The summed E-state index contributed by atoms with van der Waals surface area (Å²) >= 11 is 0. The molecule has 0 aliphatic heterocycles. The molecule has 0 heteroatoms. The zero-order chi connectivity index (χ0) is 11.0. The van der Waals surface area contributed by atoms with E-state index in [4.69, 9.17) is 0 Å². The summed E-state index contributed by atoms with van der Waals surface area (Å²) in [6, 6.07) is 0. The van der Waals surface area contributed by atoms with Crippen LogP contribution in [0.2, 0.25) is 0 Å². The van der Waals surface area contributed by atoms with Crippen molar-refractivity contribution >= 4 is 0 Å². The molecule has 0 spiro atoms. The van der Waals surface area contributed by atoms with Crippen LogP contribution in [0.1, 0.15) is 73.6 Å². The lowest BCUT2D eigenvalue weighted by Crippen LogP contribution is -2.30. The molecule has 0 aromatic carbocycles. The van der Waals surface area contributed by atoms with Crippen molar-refractivity contribution in [2.75, 3.05) is 0 Å². The van der Waals surface area contributed by atoms with Gasteiger partial charge in [-0.2, -0.15) is 0 Å². The second-order valence-electron chi connectivity index (χ2n) is 7.36. The fourth-order valence-electron chi connectivity index (χ4n) is 2.67. The van der Waals surface area contributed by atoms with Crippen molar-refractivity contribution < 1.29 is 0 Å². The minimum absolute atomic E-state index is 0.502. The van der Waals surface area contributed by atoms with Crippen LogP contribution in [0.3, 0.4) is 0 Å². The van der Waals surface area contributed by atoms with Crippen molar-refractivity contribution in [3.8, 4) is 0 Å². The summed E-state index contributed by atoms with van der Waals surface area (Å²) in [5.41, 5.74) is 1.67. The van der Waals surface area contributed by atoms with E-state index in [1.165, 1.54) is 32.1 Å². The Bertz CT molecular complexity index is 195. The van der Waals surface area contributed by atoms with Gasteiger partial charge in [-0.1, -0.05) is 48.0 Å². The predicted molar refractivity (Wildman–Crippen MR) is 64.4 cm³/mol. The molecule has 1 aliphatic rings. The van der Waals surface area contributed by atoms with Gasteiger partial charge in [0, 0.05) is 0 Å². The normalized spacial score (nSPS) is 32.1. The molecule has 0 amide bonds. The second kappa shape index (κ2) is 3.54. The van der Waals surface area contributed by atoms with Gasteiger partial charge in [-0.15, -0.1) is 0 Å². The Hall–Kier alpha value is 0. The SMILES string of the molecule is CC(C)(C)CC[C@]1(C)CCCC1(C)C. The second-order valence-corrected chi connectivity index (χ2v) is 7.36. The molecule has 0 N–H and O–H groups in total. The van der Waals surface area contributed by atoms with Crippen molar-refractivity contribution in [2.24, 2.45) is 16.2 Å². The van der Waals surface area contributed by atoms with E-state index in [9.17, 15) is 0 Å². The molecular weight excluding hydrogens is 168 g/mol. The first-order chi connectivity index (χ1) is 6.16. The van der Waals surface area contributed by atoms with Gasteiger partial charge in [-0.05, 0) is 41.9 Å². The van der Waals surface area contributed by atoms with Crippen LogP contribution in [0.25, 0.3) is 0 Å². The maximum atomic E-state index is 2.51. The lowest BCUT2D eigenvalue weighted by atomic mass is 9.65. The highest BCUT2D eigenvalue weighted by molar-refractivity contribution is 4.95. The summed E-state index contributed by atoms with van der Waals surface area (Å²) in [6.45, 7) is 14.5. The molecule has 84 valence electrons. The standard InChI is InChI=1S/C14H28/c1-12(2,3)10-11-14(6)9-7-8-13(14,4)5/h7-11H2,1-6H3/t14-/m0/s1. The van der Waals surface area contributed by atoms with Crippen LogP contribution in [0.4, 0.5) is 0 Å². The smallest absolute Gasteiger partial charge is 0.0274 e. The minimum atomic E-state index is 0.502. The molecule has 1 atom stereocenters. The summed E-state index contributed by atoms with van der Waals surface area (Å²) in [4.78, 5) is 0. The van der Waals surface area contributed by atoms with E-state index < -0.39 is 0 Å². The Morgan fingerprint density at radius 3 is 1.93 bits per heavy atom. The van der Waals surface area contributed by atoms with Gasteiger partial charge >= 0.3 is 0 Å². The molecule has 1 saturated carbocycles. The quantitative estimate of drug-likeness (QED) is 0.581. The molecule has 0 radical (unpaired) electrons. The first kappa shape index (κ1) is 12.1. The maximum Gasteiger partial charge on any atom is -0.0274 e. The Morgan fingerprint density at radius 2 is 1.57 bits per heavy atom. The summed E-state index contributed by atoms with van der Waals surface area (Å²) in [5, 5.41) is 0. The van der Waals surface area contributed by atoms with Gasteiger partial charge in [0.05, 0.1) is 0 Å². The number of hydrogen-bond acceptors (Lipinski definition) is 0. The van der Waals surface area contributed by atoms with E-state index in [1.807, 2.05) is 0 Å². The Labute approximate surface area is 90.5 Å². The van der Waals surface area contributed by atoms with Crippen LogP contribution >= 0.6 is 0 Å². The van der Waals surface area contributed by atoms with Gasteiger partial charge in [-0.25, -0.2) is 0 Å². The fraction of sp³-hybridized carbons (Fsp3) is 1.00. The van der Waals surface area contributed by atoms with Crippen molar-refractivity contribution in [3.63, 3.8) is 0 Å². The van der Waals surface area contributed by atoms with Crippen molar-refractivity contribution in [1.82, 2.24) is 0 Å². The summed E-state index contributed by atoms with van der Waals surface area (Å²) in [7, 11) is 0. The average Bonchev–Trinajstić information content (AvgIpc) is 2.23. The Morgan fingerprint density at radius 1 is 1.00 bits per heavy atom. The van der Waals surface area contributed by atoms with Crippen molar-refractivity contribution in [1.29, 1.82) is 0 Å². The van der Waals surface area contributed by atoms with Crippen LogP contribution in [0.15, 0.2) is 0 Å². The third kappa shape index (κ3) is 2.52. The zero-order valence-corrected chi connectivity index (χ0v) is 11.0. The molecule has 1 rings (SSSR count). The molecule has 0 bridgehead atoms. The molecule has 0 saturated heterocycles. The van der Waals surface area contributed by atoms with E-state index in [-0.39, 0.29) is 0 Å².